The summed E-state index contributed by atoms with van der Waals surface area (Å²) in [6.45, 7) is 1.43. The van der Waals surface area contributed by atoms with E-state index in [1.807, 2.05) is 0 Å². The number of amides is 1. The van der Waals surface area contributed by atoms with E-state index >= 15 is 0 Å². The van der Waals surface area contributed by atoms with Gasteiger partial charge in [0.15, 0.2) is 0 Å². The maximum atomic E-state index is 11.2. The van der Waals surface area contributed by atoms with Gasteiger partial charge in [-0.25, -0.2) is 4.79 Å². The van der Waals surface area contributed by atoms with Gasteiger partial charge < -0.3 is 20.3 Å². The predicted octanol–water partition coefficient (Wildman–Crippen LogP) is -0.935. The van der Waals surface area contributed by atoms with Gasteiger partial charge in [-0.1, -0.05) is 0 Å². The third-order valence-electron chi connectivity index (χ3n) is 1.72. The molecule has 0 heterocycles. The molecular formula is C8H13NO6. The summed E-state index contributed by atoms with van der Waals surface area (Å²) in [5, 5.41) is 19.1. The zero-order valence-corrected chi connectivity index (χ0v) is 8.39. The first-order valence-corrected chi connectivity index (χ1v) is 4.16. The highest BCUT2D eigenvalue weighted by molar-refractivity contribution is 5.88. The van der Waals surface area contributed by atoms with E-state index < -0.39 is 36.4 Å². The Hall–Kier alpha value is -1.63. The smallest absolute Gasteiger partial charge is 0.326 e. The zero-order valence-electron chi connectivity index (χ0n) is 8.39. The van der Waals surface area contributed by atoms with Crippen LogP contribution in [0.15, 0.2) is 0 Å². The van der Waals surface area contributed by atoms with Crippen LogP contribution in [0.25, 0.3) is 0 Å². The Balaban J connectivity index is 4.35. The van der Waals surface area contributed by atoms with Crippen LogP contribution in [0.5, 0.6) is 0 Å². The summed E-state index contributed by atoms with van der Waals surface area (Å²) in [5.41, 5.74) is 0. The van der Waals surface area contributed by atoms with Crippen LogP contribution < -0.4 is 5.32 Å². The number of rotatable bonds is 6. The molecule has 0 bridgehead atoms. The quantitative estimate of drug-likeness (QED) is 0.531. The van der Waals surface area contributed by atoms with Gasteiger partial charge in [0.05, 0.1) is 6.42 Å². The van der Waals surface area contributed by atoms with Gasteiger partial charge in [0.25, 0.3) is 0 Å². The maximum Gasteiger partial charge on any atom is 0.326 e. The number of carboxylic acid groups (broad SMARTS) is 2. The molecule has 2 atom stereocenters. The van der Waals surface area contributed by atoms with Gasteiger partial charge in [-0.05, 0) is 6.92 Å². The number of hydrogen-bond acceptors (Lipinski definition) is 4. The van der Waals surface area contributed by atoms with E-state index in [-0.39, 0.29) is 0 Å². The van der Waals surface area contributed by atoms with Crippen molar-refractivity contribution in [2.75, 3.05) is 7.11 Å². The topological polar surface area (TPSA) is 113 Å². The van der Waals surface area contributed by atoms with Crippen LogP contribution >= 0.6 is 0 Å². The van der Waals surface area contributed by atoms with Crippen molar-refractivity contribution in [3.8, 4) is 0 Å². The Labute approximate surface area is 86.0 Å². The minimum Gasteiger partial charge on any atom is -0.481 e. The van der Waals surface area contributed by atoms with Gasteiger partial charge in [0.1, 0.15) is 12.1 Å². The predicted molar refractivity (Wildman–Crippen MR) is 48.3 cm³/mol. The fourth-order valence-corrected chi connectivity index (χ4v) is 0.771. The molecule has 0 aliphatic rings. The third kappa shape index (κ3) is 4.96. The Kier molecular flexibility index (Phi) is 5.32. The Morgan fingerprint density at radius 3 is 2.20 bits per heavy atom. The van der Waals surface area contributed by atoms with Crippen molar-refractivity contribution < 1.29 is 29.3 Å². The summed E-state index contributed by atoms with van der Waals surface area (Å²) in [6.07, 6.45) is -1.49. The molecule has 15 heavy (non-hydrogen) atoms. The second-order valence-corrected chi connectivity index (χ2v) is 2.88. The average molecular weight is 219 g/mol. The van der Waals surface area contributed by atoms with Crippen LogP contribution in [0, 0.1) is 0 Å². The second kappa shape index (κ2) is 5.97. The number of aliphatic carboxylic acids is 2. The van der Waals surface area contributed by atoms with Crippen LogP contribution in [0.4, 0.5) is 0 Å². The van der Waals surface area contributed by atoms with Gasteiger partial charge in [-0.3, -0.25) is 9.59 Å². The van der Waals surface area contributed by atoms with E-state index in [1.54, 1.807) is 0 Å². The SMILES string of the molecule is COC(C)C(=O)N[C@@H](CC(=O)O)C(=O)O. The van der Waals surface area contributed by atoms with Crippen LogP contribution in [-0.2, 0) is 19.1 Å². The van der Waals surface area contributed by atoms with Crippen molar-refractivity contribution in [3.63, 3.8) is 0 Å². The highest BCUT2D eigenvalue weighted by Crippen LogP contribution is 1.95. The first-order chi connectivity index (χ1) is 6.88. The molecule has 0 aliphatic heterocycles. The molecular weight excluding hydrogens is 206 g/mol. The van der Waals surface area contributed by atoms with Gasteiger partial charge >= 0.3 is 11.9 Å². The molecule has 0 aromatic heterocycles. The molecule has 0 rings (SSSR count). The molecule has 0 saturated heterocycles. The Morgan fingerprint density at radius 1 is 1.33 bits per heavy atom. The normalized spacial score (nSPS) is 14.0. The molecule has 7 heteroatoms. The number of hydrogen-bond donors (Lipinski definition) is 3. The average Bonchev–Trinajstić information content (AvgIpc) is 2.14. The Bertz CT molecular complexity index is 264. The van der Waals surface area contributed by atoms with Gasteiger partial charge in [0.2, 0.25) is 5.91 Å². The van der Waals surface area contributed by atoms with Crippen molar-refractivity contribution in [1.29, 1.82) is 0 Å². The molecule has 1 unspecified atom stereocenters. The van der Waals surface area contributed by atoms with E-state index in [9.17, 15) is 14.4 Å². The van der Waals surface area contributed by atoms with E-state index in [0.29, 0.717) is 0 Å². The monoisotopic (exact) mass is 219 g/mol. The lowest BCUT2D eigenvalue weighted by Crippen LogP contribution is -2.46. The van der Waals surface area contributed by atoms with Gasteiger partial charge in [-0.15, -0.1) is 0 Å². The molecule has 3 N–H and O–H groups in total. The number of ether oxygens (including phenoxy) is 1. The van der Waals surface area contributed by atoms with Crippen molar-refractivity contribution in [2.45, 2.75) is 25.5 Å². The molecule has 0 aromatic rings. The number of nitrogens with one attached hydrogen (secondary N) is 1. The minimum atomic E-state index is -1.44. The second-order valence-electron chi connectivity index (χ2n) is 2.88. The first kappa shape index (κ1) is 13.4. The zero-order chi connectivity index (χ0) is 12.0. The van der Waals surface area contributed by atoms with E-state index in [1.165, 1.54) is 14.0 Å². The van der Waals surface area contributed by atoms with Crippen molar-refractivity contribution >= 4 is 17.8 Å². The number of methoxy groups -OCH3 is 1. The molecule has 86 valence electrons. The summed E-state index contributed by atoms with van der Waals surface area (Å²) in [4.78, 5) is 32.0. The lowest BCUT2D eigenvalue weighted by atomic mass is 10.2. The van der Waals surface area contributed by atoms with E-state index in [0.717, 1.165) is 0 Å². The molecule has 1 amide bonds. The van der Waals surface area contributed by atoms with Crippen LogP contribution in [0.1, 0.15) is 13.3 Å². The van der Waals surface area contributed by atoms with Crippen LogP contribution in [0.2, 0.25) is 0 Å². The fourth-order valence-electron chi connectivity index (χ4n) is 0.771. The van der Waals surface area contributed by atoms with E-state index in [2.05, 4.69) is 10.1 Å². The van der Waals surface area contributed by atoms with Gasteiger partial charge in [-0.2, -0.15) is 0 Å². The van der Waals surface area contributed by atoms with Crippen LogP contribution in [0.3, 0.4) is 0 Å². The number of carboxylic acids is 2. The first-order valence-electron chi connectivity index (χ1n) is 4.16. The number of carbonyl (C=O) groups is 3. The van der Waals surface area contributed by atoms with Crippen molar-refractivity contribution in [1.82, 2.24) is 5.32 Å². The van der Waals surface area contributed by atoms with E-state index in [4.69, 9.17) is 10.2 Å². The van der Waals surface area contributed by atoms with Gasteiger partial charge in [0, 0.05) is 7.11 Å². The van der Waals surface area contributed by atoms with Crippen LogP contribution in [-0.4, -0.2) is 47.3 Å². The maximum absolute atomic E-state index is 11.2. The highest BCUT2D eigenvalue weighted by atomic mass is 16.5. The minimum absolute atomic E-state index is 0.661. The molecule has 0 aliphatic carbocycles. The summed E-state index contributed by atoms with van der Waals surface area (Å²) in [5.74, 6) is -3.35. The summed E-state index contributed by atoms with van der Waals surface area (Å²) >= 11 is 0. The summed E-state index contributed by atoms with van der Waals surface area (Å²) in [6, 6.07) is -1.44. The van der Waals surface area contributed by atoms with Crippen molar-refractivity contribution in [3.05, 3.63) is 0 Å². The van der Waals surface area contributed by atoms with Crippen molar-refractivity contribution in [2.24, 2.45) is 0 Å². The molecule has 0 fully saturated rings. The fraction of sp³-hybridized carbons (Fsp3) is 0.625. The molecule has 0 radical (unpaired) electrons. The summed E-state index contributed by atoms with van der Waals surface area (Å²) in [7, 11) is 1.29. The molecule has 7 nitrogen and oxygen atoms in total. The molecule has 0 saturated carbocycles. The molecule has 0 aromatic carbocycles. The summed E-state index contributed by atoms with van der Waals surface area (Å²) < 4.78 is 4.65. The standard InChI is InChI=1S/C8H13NO6/c1-4(15-2)7(12)9-5(8(13)14)3-6(10)11/h4-5H,3H2,1-2H3,(H,9,12)(H,10,11)(H,13,14)/t4?,5-/m0/s1. The largest absolute Gasteiger partial charge is 0.481 e. The molecule has 0 spiro atoms. The number of carbonyl (C=O) groups excluding carboxylic acids is 1. The lowest BCUT2D eigenvalue weighted by Gasteiger charge is -2.15. The highest BCUT2D eigenvalue weighted by Gasteiger charge is 2.24. The third-order valence-corrected chi connectivity index (χ3v) is 1.72. The Morgan fingerprint density at radius 2 is 1.87 bits per heavy atom. The lowest BCUT2D eigenvalue weighted by molar-refractivity contribution is -0.148.